The summed E-state index contributed by atoms with van der Waals surface area (Å²) in [6.45, 7) is 2.15. The molecule has 1 heterocycles. The van der Waals surface area contributed by atoms with E-state index < -0.39 is 0 Å². The summed E-state index contributed by atoms with van der Waals surface area (Å²) in [5, 5.41) is 14.7. The summed E-state index contributed by atoms with van der Waals surface area (Å²) in [5.41, 5.74) is 1.54. The maximum absolute atomic E-state index is 13.3. The highest BCUT2D eigenvalue weighted by Gasteiger charge is 2.42. The van der Waals surface area contributed by atoms with Crippen molar-refractivity contribution < 1.29 is 9.18 Å². The van der Waals surface area contributed by atoms with Crippen molar-refractivity contribution in [2.45, 2.75) is 43.7 Å². The largest absolute Gasteiger partial charge is 0.353 e. The molecular formula is C25H26FN3OS. The SMILES string of the molecule is C[C@@H](NC(=O)CSc1nnc(-c2ccc(F)cc2)c2ccccc12)[C@H]1C[C@H]2CC[C@H]1C2. The van der Waals surface area contributed by atoms with E-state index in [2.05, 4.69) is 22.4 Å². The van der Waals surface area contributed by atoms with Crippen molar-refractivity contribution in [3.63, 3.8) is 0 Å². The van der Waals surface area contributed by atoms with E-state index in [1.807, 2.05) is 24.3 Å². The normalized spacial score (nSPS) is 23.2. The number of carbonyl (C=O) groups is 1. The van der Waals surface area contributed by atoms with Gasteiger partial charge in [0.05, 0.1) is 5.75 Å². The van der Waals surface area contributed by atoms with Crippen LogP contribution in [0, 0.1) is 23.6 Å². The van der Waals surface area contributed by atoms with Crippen molar-refractivity contribution >= 4 is 28.4 Å². The van der Waals surface area contributed by atoms with Gasteiger partial charge in [0.25, 0.3) is 0 Å². The van der Waals surface area contributed by atoms with Gasteiger partial charge in [0.15, 0.2) is 0 Å². The van der Waals surface area contributed by atoms with Crippen LogP contribution in [0.2, 0.25) is 0 Å². The van der Waals surface area contributed by atoms with Gasteiger partial charge < -0.3 is 5.32 Å². The maximum atomic E-state index is 13.3. The van der Waals surface area contributed by atoms with E-state index >= 15 is 0 Å². The minimum Gasteiger partial charge on any atom is -0.353 e. The molecule has 0 aliphatic heterocycles. The average Bonchev–Trinajstić information content (AvgIpc) is 3.42. The van der Waals surface area contributed by atoms with Crippen molar-refractivity contribution in [2.75, 3.05) is 5.75 Å². The number of halogens is 1. The molecule has 2 fully saturated rings. The Bertz CT molecular complexity index is 1100. The van der Waals surface area contributed by atoms with Crippen LogP contribution in [0.3, 0.4) is 0 Å². The number of benzene rings is 2. The molecule has 31 heavy (non-hydrogen) atoms. The van der Waals surface area contributed by atoms with Gasteiger partial charge >= 0.3 is 0 Å². The summed E-state index contributed by atoms with van der Waals surface area (Å²) in [6, 6.07) is 14.4. The summed E-state index contributed by atoms with van der Waals surface area (Å²) >= 11 is 1.42. The Hall–Kier alpha value is -2.47. The molecular weight excluding hydrogens is 409 g/mol. The van der Waals surface area contributed by atoms with Crippen LogP contribution in [0.4, 0.5) is 4.39 Å². The minimum atomic E-state index is -0.279. The van der Waals surface area contributed by atoms with E-state index in [9.17, 15) is 9.18 Å². The van der Waals surface area contributed by atoms with Crippen LogP contribution in [-0.4, -0.2) is 27.9 Å². The molecule has 4 atom stereocenters. The van der Waals surface area contributed by atoms with Crippen molar-refractivity contribution in [3.8, 4) is 11.3 Å². The third kappa shape index (κ3) is 4.18. The number of aromatic nitrogens is 2. The average molecular weight is 436 g/mol. The third-order valence-corrected chi connectivity index (χ3v) is 7.92. The topological polar surface area (TPSA) is 54.9 Å². The second-order valence-electron chi connectivity index (χ2n) is 8.89. The Kier molecular flexibility index (Phi) is 5.65. The van der Waals surface area contributed by atoms with E-state index in [0.29, 0.717) is 17.4 Å². The zero-order valence-corrected chi connectivity index (χ0v) is 18.4. The number of nitrogens with one attached hydrogen (secondary N) is 1. The van der Waals surface area contributed by atoms with Gasteiger partial charge in [-0.2, -0.15) is 0 Å². The smallest absolute Gasteiger partial charge is 0.230 e. The standard InChI is InChI=1S/C25H26FN3OS/c1-15(22-13-16-6-7-18(22)12-16)27-23(30)14-31-25-21-5-3-2-4-20(21)24(28-29-25)17-8-10-19(26)11-9-17/h2-5,8-11,15-16,18,22H,6-7,12-14H2,1H3,(H,27,30)/t15-,16+,18+,22-/m1/s1. The Labute approximate surface area is 186 Å². The van der Waals surface area contributed by atoms with E-state index in [4.69, 9.17) is 0 Å². The maximum Gasteiger partial charge on any atom is 0.230 e. The second-order valence-corrected chi connectivity index (χ2v) is 9.85. The molecule has 0 unspecified atom stereocenters. The fourth-order valence-corrected chi connectivity index (χ4v) is 6.23. The Balaban J connectivity index is 1.29. The van der Waals surface area contributed by atoms with Crippen LogP contribution in [0.5, 0.6) is 0 Å². The highest BCUT2D eigenvalue weighted by molar-refractivity contribution is 8.00. The lowest BCUT2D eigenvalue weighted by molar-refractivity contribution is -0.119. The number of carbonyl (C=O) groups excluding carboxylic acids is 1. The first-order valence-corrected chi connectivity index (χ1v) is 12.0. The highest BCUT2D eigenvalue weighted by atomic mass is 32.2. The first kappa shape index (κ1) is 20.4. The molecule has 1 aromatic heterocycles. The van der Waals surface area contributed by atoms with Crippen LogP contribution >= 0.6 is 11.8 Å². The lowest BCUT2D eigenvalue weighted by Gasteiger charge is -2.28. The number of rotatable bonds is 6. The fraction of sp³-hybridized carbons (Fsp3) is 0.400. The van der Waals surface area contributed by atoms with E-state index in [0.717, 1.165) is 33.2 Å². The molecule has 2 aliphatic rings. The van der Waals surface area contributed by atoms with E-state index in [-0.39, 0.29) is 17.8 Å². The van der Waals surface area contributed by atoms with Gasteiger partial charge in [-0.25, -0.2) is 4.39 Å². The molecule has 2 aromatic carbocycles. The number of hydrogen-bond donors (Lipinski definition) is 1. The van der Waals surface area contributed by atoms with Crippen molar-refractivity contribution in [2.24, 2.45) is 17.8 Å². The number of amides is 1. The molecule has 0 radical (unpaired) electrons. The van der Waals surface area contributed by atoms with Gasteiger partial charge in [-0.3, -0.25) is 4.79 Å². The number of fused-ring (bicyclic) bond motifs is 3. The Morgan fingerprint density at radius 1 is 1.10 bits per heavy atom. The number of nitrogens with zero attached hydrogens (tertiary/aromatic N) is 2. The van der Waals surface area contributed by atoms with E-state index in [1.165, 1.54) is 49.6 Å². The lowest BCUT2D eigenvalue weighted by Crippen LogP contribution is -2.40. The molecule has 2 aliphatic carbocycles. The number of hydrogen-bond acceptors (Lipinski definition) is 4. The summed E-state index contributed by atoms with van der Waals surface area (Å²) in [4.78, 5) is 12.6. The Morgan fingerprint density at radius 2 is 1.87 bits per heavy atom. The first-order valence-electron chi connectivity index (χ1n) is 11.0. The zero-order chi connectivity index (χ0) is 21.4. The van der Waals surface area contributed by atoms with Crippen molar-refractivity contribution in [1.82, 2.24) is 15.5 Å². The molecule has 1 amide bonds. The summed E-state index contributed by atoms with van der Waals surface area (Å²) < 4.78 is 13.3. The molecule has 5 rings (SSSR count). The Morgan fingerprint density at radius 3 is 2.58 bits per heavy atom. The lowest BCUT2D eigenvalue weighted by atomic mass is 9.84. The molecule has 1 N–H and O–H groups in total. The van der Waals surface area contributed by atoms with Gasteiger partial charge in [-0.05, 0) is 68.2 Å². The van der Waals surface area contributed by atoms with Gasteiger partial charge in [0.1, 0.15) is 16.5 Å². The van der Waals surface area contributed by atoms with Gasteiger partial charge in [0.2, 0.25) is 5.91 Å². The van der Waals surface area contributed by atoms with Crippen molar-refractivity contribution in [3.05, 3.63) is 54.3 Å². The van der Waals surface area contributed by atoms with Gasteiger partial charge in [-0.1, -0.05) is 42.4 Å². The monoisotopic (exact) mass is 435 g/mol. The molecule has 2 bridgehead atoms. The number of thioether (sulfide) groups is 1. The van der Waals surface area contributed by atoms with Gasteiger partial charge in [0, 0.05) is 22.4 Å². The van der Waals surface area contributed by atoms with Crippen molar-refractivity contribution in [1.29, 1.82) is 0 Å². The quantitative estimate of drug-likeness (QED) is 0.522. The fourth-order valence-electron chi connectivity index (χ4n) is 5.45. The third-order valence-electron chi connectivity index (χ3n) is 6.93. The summed E-state index contributed by atoms with van der Waals surface area (Å²) in [7, 11) is 0. The minimum absolute atomic E-state index is 0.0498. The predicted octanol–water partition coefficient (Wildman–Crippen LogP) is 5.47. The molecule has 3 aromatic rings. The molecule has 4 nitrogen and oxygen atoms in total. The highest BCUT2D eigenvalue weighted by Crippen LogP contribution is 2.49. The molecule has 6 heteroatoms. The molecule has 2 saturated carbocycles. The molecule has 0 spiro atoms. The summed E-state index contributed by atoms with van der Waals surface area (Å²) in [5.74, 6) is 2.39. The summed E-state index contributed by atoms with van der Waals surface area (Å²) in [6.07, 6.45) is 5.31. The molecule has 160 valence electrons. The second kappa shape index (κ2) is 8.58. The van der Waals surface area contributed by atoms with Crippen LogP contribution in [0.1, 0.15) is 32.6 Å². The zero-order valence-electron chi connectivity index (χ0n) is 17.6. The molecule has 0 saturated heterocycles. The van der Waals surface area contributed by atoms with Crippen LogP contribution in [-0.2, 0) is 4.79 Å². The van der Waals surface area contributed by atoms with Crippen LogP contribution < -0.4 is 5.32 Å². The first-order chi connectivity index (χ1) is 15.1. The van der Waals surface area contributed by atoms with Crippen LogP contribution in [0.15, 0.2) is 53.6 Å². The van der Waals surface area contributed by atoms with E-state index in [1.54, 1.807) is 12.1 Å². The van der Waals surface area contributed by atoms with Crippen LogP contribution in [0.25, 0.3) is 22.0 Å². The van der Waals surface area contributed by atoms with Gasteiger partial charge in [-0.15, -0.1) is 10.2 Å². The predicted molar refractivity (Wildman–Crippen MR) is 122 cm³/mol.